The number of nitrogens with zero attached hydrogens (tertiary/aromatic N) is 2. The lowest BCUT2D eigenvalue weighted by Gasteiger charge is -2.11. The smallest absolute Gasteiger partial charge is 0.313 e. The first-order chi connectivity index (χ1) is 9.97. The average molecular weight is 288 g/mol. The second kappa shape index (κ2) is 6.21. The molecule has 0 spiro atoms. The molecular weight excluding hydrogens is 272 g/mol. The molecule has 1 N–H and O–H groups in total. The van der Waals surface area contributed by atoms with Crippen molar-refractivity contribution in [3.8, 4) is 11.6 Å². The molecule has 2 aromatic rings. The molecular formula is C15H16N2O4. The van der Waals surface area contributed by atoms with Crippen molar-refractivity contribution in [3.63, 3.8) is 0 Å². The number of aliphatic carboxylic acids is 1. The Bertz CT molecular complexity index is 690. The van der Waals surface area contributed by atoms with Crippen molar-refractivity contribution in [2.24, 2.45) is 0 Å². The Morgan fingerprint density at radius 3 is 2.57 bits per heavy atom. The maximum Gasteiger partial charge on any atom is 0.313 e. The second-order valence-corrected chi connectivity index (χ2v) is 4.86. The van der Waals surface area contributed by atoms with Gasteiger partial charge in [-0.05, 0) is 31.5 Å². The van der Waals surface area contributed by atoms with E-state index in [4.69, 9.17) is 9.84 Å². The Morgan fingerprint density at radius 1 is 1.33 bits per heavy atom. The number of rotatable bonds is 5. The van der Waals surface area contributed by atoms with Crippen molar-refractivity contribution in [1.82, 2.24) is 9.55 Å². The largest absolute Gasteiger partial charge is 0.481 e. The number of hydrogen-bond donors (Lipinski definition) is 1. The molecule has 0 aliphatic rings. The lowest BCUT2D eigenvalue weighted by Crippen LogP contribution is -2.23. The van der Waals surface area contributed by atoms with Gasteiger partial charge in [-0.3, -0.25) is 9.59 Å². The van der Waals surface area contributed by atoms with Gasteiger partial charge < -0.3 is 14.4 Å². The van der Waals surface area contributed by atoms with Crippen molar-refractivity contribution in [3.05, 3.63) is 52.6 Å². The number of ether oxygens (including phenoxy) is 1. The molecule has 1 heterocycles. The highest BCUT2D eigenvalue weighted by molar-refractivity contribution is 5.70. The molecule has 0 saturated carbocycles. The molecule has 0 atom stereocenters. The van der Waals surface area contributed by atoms with Gasteiger partial charge in [0.05, 0.1) is 6.42 Å². The Balaban J connectivity index is 2.21. The Hall–Kier alpha value is -2.63. The van der Waals surface area contributed by atoms with Gasteiger partial charge in [-0.1, -0.05) is 12.1 Å². The van der Waals surface area contributed by atoms with E-state index in [1.54, 1.807) is 30.5 Å². The third kappa shape index (κ3) is 3.68. The first-order valence-corrected chi connectivity index (χ1v) is 6.53. The summed E-state index contributed by atoms with van der Waals surface area (Å²) in [7, 11) is 0. The van der Waals surface area contributed by atoms with Crippen LogP contribution >= 0.6 is 0 Å². The third-order valence-corrected chi connectivity index (χ3v) is 2.89. The minimum Gasteiger partial charge on any atom is -0.481 e. The summed E-state index contributed by atoms with van der Waals surface area (Å²) in [5.41, 5.74) is 0.359. The Morgan fingerprint density at radius 2 is 2.00 bits per heavy atom. The zero-order valence-electron chi connectivity index (χ0n) is 11.8. The van der Waals surface area contributed by atoms with Crippen molar-refractivity contribution in [2.45, 2.75) is 26.3 Å². The molecule has 6 nitrogen and oxygen atoms in total. The molecule has 0 saturated heterocycles. The van der Waals surface area contributed by atoms with Crippen molar-refractivity contribution >= 4 is 5.97 Å². The fraction of sp³-hybridized carbons (Fsp3) is 0.267. The highest BCUT2D eigenvalue weighted by Gasteiger charge is 2.09. The molecule has 110 valence electrons. The summed E-state index contributed by atoms with van der Waals surface area (Å²) in [5, 5.41) is 8.70. The predicted molar refractivity (Wildman–Crippen MR) is 76.7 cm³/mol. The minimum atomic E-state index is -0.895. The molecule has 21 heavy (non-hydrogen) atoms. The molecule has 0 radical (unpaired) electrons. The fourth-order valence-corrected chi connectivity index (χ4v) is 1.84. The van der Waals surface area contributed by atoms with E-state index in [9.17, 15) is 9.59 Å². The van der Waals surface area contributed by atoms with Crippen molar-refractivity contribution in [1.29, 1.82) is 0 Å². The summed E-state index contributed by atoms with van der Waals surface area (Å²) in [4.78, 5) is 26.7. The van der Waals surface area contributed by atoms with E-state index in [1.165, 1.54) is 10.8 Å². The van der Waals surface area contributed by atoms with Gasteiger partial charge in [-0.2, -0.15) is 0 Å². The van der Waals surface area contributed by atoms with Crippen LogP contribution in [0.1, 0.15) is 25.5 Å². The molecule has 0 amide bonds. The summed E-state index contributed by atoms with van der Waals surface area (Å²) in [6.07, 6.45) is 3.06. The number of aromatic nitrogens is 2. The number of carboxylic acid groups (broad SMARTS) is 1. The molecule has 1 aromatic heterocycles. The molecule has 0 aliphatic heterocycles. The molecule has 2 rings (SSSR count). The van der Waals surface area contributed by atoms with Gasteiger partial charge in [0.15, 0.2) is 0 Å². The van der Waals surface area contributed by atoms with Crippen molar-refractivity contribution in [2.75, 3.05) is 0 Å². The standard InChI is InChI=1S/C15H16N2O4/c1-10(2)17-8-7-16-14(15(17)20)21-12-5-3-11(4-6-12)9-13(18)19/h3-8,10H,9H2,1-2H3,(H,18,19). The Labute approximate surface area is 121 Å². The quantitative estimate of drug-likeness (QED) is 0.912. The van der Waals surface area contributed by atoms with E-state index < -0.39 is 5.97 Å². The monoisotopic (exact) mass is 288 g/mol. The summed E-state index contributed by atoms with van der Waals surface area (Å²) in [6, 6.07) is 6.54. The zero-order valence-corrected chi connectivity index (χ0v) is 11.8. The summed E-state index contributed by atoms with van der Waals surface area (Å²) < 4.78 is 7.00. The first kappa shape index (κ1) is 14.8. The van der Waals surface area contributed by atoms with Crippen LogP contribution in [-0.4, -0.2) is 20.6 Å². The number of benzene rings is 1. The van der Waals surface area contributed by atoms with Gasteiger partial charge in [-0.25, -0.2) is 4.98 Å². The van der Waals surface area contributed by atoms with Crippen LogP contribution in [0.2, 0.25) is 0 Å². The van der Waals surface area contributed by atoms with E-state index in [-0.39, 0.29) is 23.9 Å². The van der Waals surface area contributed by atoms with E-state index in [2.05, 4.69) is 4.98 Å². The maximum atomic E-state index is 12.1. The van der Waals surface area contributed by atoms with E-state index in [0.717, 1.165) is 0 Å². The average Bonchev–Trinajstić information content (AvgIpc) is 2.42. The lowest BCUT2D eigenvalue weighted by molar-refractivity contribution is -0.136. The van der Waals surface area contributed by atoms with E-state index in [0.29, 0.717) is 11.3 Å². The topological polar surface area (TPSA) is 81.4 Å². The van der Waals surface area contributed by atoms with Crippen LogP contribution in [0.25, 0.3) is 0 Å². The van der Waals surface area contributed by atoms with Crippen LogP contribution < -0.4 is 10.3 Å². The number of carbonyl (C=O) groups is 1. The zero-order chi connectivity index (χ0) is 15.4. The molecule has 1 aromatic carbocycles. The van der Waals surface area contributed by atoms with Crippen LogP contribution in [0, 0.1) is 0 Å². The van der Waals surface area contributed by atoms with Gasteiger partial charge in [0.25, 0.3) is 5.88 Å². The maximum absolute atomic E-state index is 12.1. The van der Waals surface area contributed by atoms with Crippen LogP contribution in [0.5, 0.6) is 11.6 Å². The molecule has 0 unspecified atom stereocenters. The third-order valence-electron chi connectivity index (χ3n) is 2.89. The van der Waals surface area contributed by atoms with Crippen LogP contribution in [-0.2, 0) is 11.2 Å². The number of hydrogen-bond acceptors (Lipinski definition) is 4. The highest BCUT2D eigenvalue weighted by Crippen LogP contribution is 2.17. The number of carboxylic acids is 1. The van der Waals surface area contributed by atoms with Crippen molar-refractivity contribution < 1.29 is 14.6 Å². The van der Waals surface area contributed by atoms with E-state index >= 15 is 0 Å². The molecule has 0 aliphatic carbocycles. The SMILES string of the molecule is CC(C)n1ccnc(Oc2ccc(CC(=O)O)cc2)c1=O. The molecule has 0 bridgehead atoms. The fourth-order valence-electron chi connectivity index (χ4n) is 1.84. The predicted octanol–water partition coefficient (Wildman–Crippen LogP) is 2.24. The van der Waals surface area contributed by atoms with E-state index in [1.807, 2.05) is 13.8 Å². The summed E-state index contributed by atoms with van der Waals surface area (Å²) in [6.45, 7) is 3.79. The summed E-state index contributed by atoms with van der Waals surface area (Å²) in [5.74, 6) is -0.458. The first-order valence-electron chi connectivity index (χ1n) is 6.53. The van der Waals surface area contributed by atoms with Gasteiger partial charge in [-0.15, -0.1) is 0 Å². The molecule has 0 fully saturated rings. The summed E-state index contributed by atoms with van der Waals surface area (Å²) >= 11 is 0. The van der Waals surface area contributed by atoms with Gasteiger partial charge in [0.1, 0.15) is 5.75 Å². The van der Waals surface area contributed by atoms with Gasteiger partial charge >= 0.3 is 11.5 Å². The lowest BCUT2D eigenvalue weighted by atomic mass is 10.1. The van der Waals surface area contributed by atoms with Crippen LogP contribution in [0.3, 0.4) is 0 Å². The normalized spacial score (nSPS) is 10.6. The van der Waals surface area contributed by atoms with Crippen LogP contribution in [0.15, 0.2) is 41.5 Å². The van der Waals surface area contributed by atoms with Crippen LogP contribution in [0.4, 0.5) is 0 Å². The second-order valence-electron chi connectivity index (χ2n) is 4.86. The minimum absolute atomic E-state index is 0.00261. The van der Waals surface area contributed by atoms with Gasteiger partial charge in [0.2, 0.25) is 0 Å². The molecule has 6 heteroatoms. The van der Waals surface area contributed by atoms with Gasteiger partial charge in [0, 0.05) is 18.4 Å². The highest BCUT2D eigenvalue weighted by atomic mass is 16.5. The Kier molecular flexibility index (Phi) is 4.37.